The molecule has 0 atom stereocenters. The lowest BCUT2D eigenvalue weighted by molar-refractivity contribution is 0.629. The Morgan fingerprint density at radius 2 is 2.23 bits per heavy atom. The summed E-state index contributed by atoms with van der Waals surface area (Å²) in [4.78, 5) is 0. The highest BCUT2D eigenvalue weighted by atomic mass is 35.5. The maximum atomic E-state index is 13.0. The Balaban J connectivity index is 0.000000845. The van der Waals surface area contributed by atoms with Crippen molar-refractivity contribution >= 4 is 18.1 Å². The Labute approximate surface area is 80.0 Å². The Hall–Kier alpha value is -1.20. The van der Waals surface area contributed by atoms with Crippen LogP contribution in [0.5, 0.6) is 0 Å². The average Bonchev–Trinajstić information content (AvgIpc) is 2.49. The molecule has 4 nitrogen and oxygen atoms in total. The van der Waals surface area contributed by atoms with E-state index >= 15 is 0 Å². The molecule has 0 radical (unpaired) electrons. The highest BCUT2D eigenvalue weighted by Crippen LogP contribution is 2.06. The molecule has 0 bridgehead atoms. The lowest BCUT2D eigenvalue weighted by atomic mass is 10.4. The van der Waals surface area contributed by atoms with E-state index in [1.54, 1.807) is 12.3 Å². The summed E-state index contributed by atoms with van der Waals surface area (Å²) < 4.78 is 14.5. The SMILES string of the molecule is Cl.NCc1nnc2c(F)cccn12. The normalized spacial score (nSPS) is 10.0. The van der Waals surface area contributed by atoms with Crippen LogP contribution >= 0.6 is 12.4 Å². The van der Waals surface area contributed by atoms with Crippen LogP contribution in [0.15, 0.2) is 18.3 Å². The Kier molecular flexibility index (Phi) is 2.79. The lowest BCUT2D eigenvalue weighted by Crippen LogP contribution is -2.02. The van der Waals surface area contributed by atoms with Crippen LogP contribution in [-0.2, 0) is 6.54 Å². The molecule has 0 saturated carbocycles. The summed E-state index contributed by atoms with van der Waals surface area (Å²) >= 11 is 0. The summed E-state index contributed by atoms with van der Waals surface area (Å²) in [5.74, 6) is 0.175. The molecule has 0 fully saturated rings. The first kappa shape index (κ1) is 9.88. The Morgan fingerprint density at radius 3 is 2.92 bits per heavy atom. The largest absolute Gasteiger partial charge is 0.324 e. The Morgan fingerprint density at radius 1 is 1.46 bits per heavy atom. The van der Waals surface area contributed by atoms with Gasteiger partial charge in [-0.2, -0.15) is 0 Å². The third kappa shape index (κ3) is 1.48. The molecule has 2 N–H and O–H groups in total. The quantitative estimate of drug-likeness (QED) is 0.743. The average molecular weight is 203 g/mol. The van der Waals surface area contributed by atoms with Crippen LogP contribution in [0.4, 0.5) is 4.39 Å². The van der Waals surface area contributed by atoms with Gasteiger partial charge in [0.1, 0.15) is 0 Å². The van der Waals surface area contributed by atoms with Crippen molar-refractivity contribution in [2.24, 2.45) is 5.73 Å². The number of hydrogen-bond acceptors (Lipinski definition) is 3. The van der Waals surface area contributed by atoms with E-state index in [0.717, 1.165) is 0 Å². The van der Waals surface area contributed by atoms with Gasteiger partial charge in [-0.15, -0.1) is 22.6 Å². The molecule has 0 amide bonds. The fraction of sp³-hybridized carbons (Fsp3) is 0.143. The molecule has 0 aromatic carbocycles. The van der Waals surface area contributed by atoms with Gasteiger partial charge in [-0.25, -0.2) is 4.39 Å². The molecule has 0 aliphatic rings. The lowest BCUT2D eigenvalue weighted by Gasteiger charge is -1.94. The zero-order valence-corrected chi connectivity index (χ0v) is 7.46. The minimum absolute atomic E-state index is 0. The Bertz CT molecular complexity index is 414. The maximum absolute atomic E-state index is 13.0. The van der Waals surface area contributed by atoms with Gasteiger partial charge in [-0.3, -0.25) is 4.40 Å². The van der Waals surface area contributed by atoms with Crippen LogP contribution in [0.2, 0.25) is 0 Å². The van der Waals surface area contributed by atoms with Crippen molar-refractivity contribution in [1.82, 2.24) is 14.6 Å². The van der Waals surface area contributed by atoms with Gasteiger partial charge in [0.25, 0.3) is 0 Å². The predicted molar refractivity (Wildman–Crippen MR) is 48.1 cm³/mol. The fourth-order valence-corrected chi connectivity index (χ4v) is 1.07. The number of aromatic nitrogens is 3. The molecule has 70 valence electrons. The molecule has 0 spiro atoms. The third-order valence-electron chi connectivity index (χ3n) is 1.64. The molecule has 6 heteroatoms. The molecule has 2 aromatic heterocycles. The van der Waals surface area contributed by atoms with Crippen LogP contribution in [0.25, 0.3) is 5.65 Å². The van der Waals surface area contributed by atoms with Gasteiger partial charge in [0.05, 0.1) is 6.54 Å². The number of fused-ring (bicyclic) bond motifs is 1. The molecule has 0 saturated heterocycles. The zero-order chi connectivity index (χ0) is 8.55. The maximum Gasteiger partial charge on any atom is 0.196 e. The van der Waals surface area contributed by atoms with Crippen molar-refractivity contribution in [3.8, 4) is 0 Å². The molecule has 2 heterocycles. The number of pyridine rings is 1. The van der Waals surface area contributed by atoms with E-state index < -0.39 is 0 Å². The summed E-state index contributed by atoms with van der Waals surface area (Å²) in [7, 11) is 0. The van der Waals surface area contributed by atoms with Crippen molar-refractivity contribution in [2.45, 2.75) is 6.54 Å². The summed E-state index contributed by atoms with van der Waals surface area (Å²) in [5, 5.41) is 7.37. The fourth-order valence-electron chi connectivity index (χ4n) is 1.07. The standard InChI is InChI=1S/C7H7FN4.ClH/c8-5-2-1-3-12-6(4-9)10-11-7(5)12;/h1-3H,4,9H2;1H. The molecular formula is C7H8ClFN4. The topological polar surface area (TPSA) is 56.2 Å². The van der Waals surface area contributed by atoms with E-state index in [0.29, 0.717) is 5.82 Å². The van der Waals surface area contributed by atoms with Crippen LogP contribution in [-0.4, -0.2) is 14.6 Å². The van der Waals surface area contributed by atoms with Crippen LogP contribution < -0.4 is 5.73 Å². The van der Waals surface area contributed by atoms with E-state index in [4.69, 9.17) is 5.73 Å². The van der Waals surface area contributed by atoms with Crippen molar-refractivity contribution in [2.75, 3.05) is 0 Å². The van der Waals surface area contributed by atoms with Crippen LogP contribution in [0, 0.1) is 5.82 Å². The smallest absolute Gasteiger partial charge is 0.196 e. The van der Waals surface area contributed by atoms with Crippen molar-refractivity contribution in [1.29, 1.82) is 0 Å². The van der Waals surface area contributed by atoms with Crippen molar-refractivity contribution < 1.29 is 4.39 Å². The van der Waals surface area contributed by atoms with E-state index in [-0.39, 0.29) is 30.4 Å². The van der Waals surface area contributed by atoms with E-state index in [9.17, 15) is 4.39 Å². The molecule has 0 unspecified atom stereocenters. The first-order valence-corrected chi connectivity index (χ1v) is 3.51. The zero-order valence-electron chi connectivity index (χ0n) is 6.64. The molecule has 2 rings (SSSR count). The molecular weight excluding hydrogens is 195 g/mol. The van der Waals surface area contributed by atoms with Crippen LogP contribution in [0.1, 0.15) is 5.82 Å². The van der Waals surface area contributed by atoms with E-state index in [1.807, 2.05) is 0 Å². The van der Waals surface area contributed by atoms with Crippen molar-refractivity contribution in [3.63, 3.8) is 0 Å². The minimum Gasteiger partial charge on any atom is -0.324 e. The second kappa shape index (κ2) is 3.68. The van der Waals surface area contributed by atoms with Gasteiger partial charge in [-0.1, -0.05) is 0 Å². The first-order valence-electron chi connectivity index (χ1n) is 3.51. The molecule has 13 heavy (non-hydrogen) atoms. The highest BCUT2D eigenvalue weighted by molar-refractivity contribution is 5.85. The third-order valence-corrected chi connectivity index (χ3v) is 1.64. The van der Waals surface area contributed by atoms with Gasteiger partial charge in [0.2, 0.25) is 0 Å². The summed E-state index contributed by atoms with van der Waals surface area (Å²) in [5.41, 5.74) is 5.58. The number of nitrogens with two attached hydrogens (primary N) is 1. The molecule has 0 aliphatic carbocycles. The number of rotatable bonds is 1. The number of hydrogen-bond donors (Lipinski definition) is 1. The van der Waals surface area contributed by atoms with Crippen molar-refractivity contribution in [3.05, 3.63) is 30.0 Å². The molecule has 0 aliphatic heterocycles. The second-order valence-corrected chi connectivity index (χ2v) is 2.37. The monoisotopic (exact) mass is 202 g/mol. The van der Waals surface area contributed by atoms with E-state index in [2.05, 4.69) is 10.2 Å². The number of nitrogens with zero attached hydrogens (tertiary/aromatic N) is 3. The minimum atomic E-state index is -0.385. The predicted octanol–water partition coefficient (Wildman–Crippen LogP) is 0.749. The van der Waals surface area contributed by atoms with Crippen LogP contribution in [0.3, 0.4) is 0 Å². The highest BCUT2D eigenvalue weighted by Gasteiger charge is 2.05. The first-order chi connectivity index (χ1) is 5.83. The molecule has 2 aromatic rings. The van der Waals surface area contributed by atoms with Gasteiger partial charge in [0, 0.05) is 6.20 Å². The second-order valence-electron chi connectivity index (χ2n) is 2.37. The van der Waals surface area contributed by atoms with Gasteiger partial charge in [-0.05, 0) is 12.1 Å². The van der Waals surface area contributed by atoms with Gasteiger partial charge < -0.3 is 5.73 Å². The van der Waals surface area contributed by atoms with Gasteiger partial charge >= 0.3 is 0 Å². The van der Waals surface area contributed by atoms with E-state index in [1.165, 1.54) is 10.5 Å². The number of halogens is 2. The van der Waals surface area contributed by atoms with Gasteiger partial charge in [0.15, 0.2) is 17.3 Å². The summed E-state index contributed by atoms with van der Waals surface area (Å²) in [6, 6.07) is 2.93. The summed E-state index contributed by atoms with van der Waals surface area (Å²) in [6.07, 6.45) is 1.68. The summed E-state index contributed by atoms with van der Waals surface area (Å²) in [6.45, 7) is 0.255.